The highest BCUT2D eigenvalue weighted by molar-refractivity contribution is 5.79. The van der Waals surface area contributed by atoms with Gasteiger partial charge in [-0.05, 0) is 65.5 Å². The minimum absolute atomic E-state index is 0.0251. The normalized spacial score (nSPS) is 27.1. The summed E-state index contributed by atoms with van der Waals surface area (Å²) in [5, 5.41) is 3.07. The zero-order valence-corrected chi connectivity index (χ0v) is 13.7. The van der Waals surface area contributed by atoms with Crippen molar-refractivity contribution in [1.29, 1.82) is 0 Å². The Morgan fingerprint density at radius 2 is 2.05 bits per heavy atom. The lowest BCUT2D eigenvalue weighted by Crippen LogP contribution is -2.45. The van der Waals surface area contributed by atoms with Crippen molar-refractivity contribution in [3.8, 4) is 0 Å². The van der Waals surface area contributed by atoms with E-state index in [1.54, 1.807) is 0 Å². The summed E-state index contributed by atoms with van der Waals surface area (Å²) in [6.07, 6.45) is 5.26. The zero-order valence-electron chi connectivity index (χ0n) is 13.7. The topological polar surface area (TPSA) is 58.4 Å². The van der Waals surface area contributed by atoms with Crippen molar-refractivity contribution in [3.05, 3.63) is 0 Å². The largest absolute Gasteiger partial charge is 0.356 e. The number of carbonyl (C=O) groups is 1. The van der Waals surface area contributed by atoms with Gasteiger partial charge < -0.3 is 16.0 Å². The molecule has 1 saturated carbocycles. The van der Waals surface area contributed by atoms with E-state index in [-0.39, 0.29) is 17.9 Å². The quantitative estimate of drug-likeness (QED) is 0.703. The van der Waals surface area contributed by atoms with Crippen molar-refractivity contribution >= 4 is 5.91 Å². The first-order chi connectivity index (χ1) is 9.41. The van der Waals surface area contributed by atoms with Gasteiger partial charge in [0.05, 0.1) is 5.92 Å². The molecule has 3 unspecified atom stereocenters. The Hall–Kier alpha value is -0.610. The van der Waals surface area contributed by atoms with Crippen LogP contribution in [0.4, 0.5) is 0 Å². The summed E-state index contributed by atoms with van der Waals surface area (Å²) in [6.45, 7) is 8.49. The lowest BCUT2D eigenvalue weighted by atomic mass is 9.79. The van der Waals surface area contributed by atoms with Crippen molar-refractivity contribution < 1.29 is 4.79 Å². The van der Waals surface area contributed by atoms with Crippen LogP contribution in [0.3, 0.4) is 0 Å². The highest BCUT2D eigenvalue weighted by Crippen LogP contribution is 2.27. The van der Waals surface area contributed by atoms with Gasteiger partial charge >= 0.3 is 0 Å². The van der Waals surface area contributed by atoms with E-state index in [1.807, 2.05) is 0 Å². The monoisotopic (exact) mass is 283 g/mol. The van der Waals surface area contributed by atoms with Crippen LogP contribution in [0, 0.1) is 11.8 Å². The number of amides is 1. The van der Waals surface area contributed by atoms with Gasteiger partial charge in [-0.15, -0.1) is 0 Å². The highest BCUT2D eigenvalue weighted by atomic mass is 16.1. The molecule has 1 aliphatic carbocycles. The maximum absolute atomic E-state index is 12.2. The molecule has 0 aromatic rings. The van der Waals surface area contributed by atoms with Gasteiger partial charge in [0.2, 0.25) is 5.91 Å². The second-order valence-electron chi connectivity index (χ2n) is 6.76. The second-order valence-corrected chi connectivity index (χ2v) is 6.76. The number of nitrogens with zero attached hydrogens (tertiary/aromatic N) is 1. The third kappa shape index (κ3) is 5.80. The van der Waals surface area contributed by atoms with E-state index in [1.165, 1.54) is 0 Å². The molecule has 118 valence electrons. The van der Waals surface area contributed by atoms with Crippen LogP contribution < -0.4 is 11.1 Å². The average molecular weight is 283 g/mol. The molecule has 0 heterocycles. The Bertz CT molecular complexity index is 293. The van der Waals surface area contributed by atoms with Gasteiger partial charge in [-0.2, -0.15) is 0 Å². The fourth-order valence-corrected chi connectivity index (χ4v) is 2.79. The Morgan fingerprint density at radius 3 is 2.70 bits per heavy atom. The maximum atomic E-state index is 12.2. The number of nitrogens with one attached hydrogen (secondary N) is 1. The van der Waals surface area contributed by atoms with E-state index in [2.05, 4.69) is 38.0 Å². The predicted molar refractivity (Wildman–Crippen MR) is 84.5 cm³/mol. The minimum Gasteiger partial charge on any atom is -0.356 e. The molecule has 1 aliphatic rings. The van der Waals surface area contributed by atoms with E-state index in [0.29, 0.717) is 12.0 Å². The van der Waals surface area contributed by atoms with Crippen molar-refractivity contribution in [2.45, 2.75) is 65.0 Å². The van der Waals surface area contributed by atoms with Crippen molar-refractivity contribution in [2.75, 3.05) is 20.1 Å². The molecule has 3 N–H and O–H groups in total. The minimum atomic E-state index is 0.0251. The third-order valence-corrected chi connectivity index (χ3v) is 4.62. The molecule has 20 heavy (non-hydrogen) atoms. The SMILES string of the molecule is CC1CCC(N)C(C(=O)NCCCCN(C)C(C)C)C1. The molecular weight excluding hydrogens is 250 g/mol. The van der Waals surface area contributed by atoms with Gasteiger partial charge in [-0.3, -0.25) is 4.79 Å². The molecule has 0 radical (unpaired) electrons. The molecule has 0 bridgehead atoms. The fraction of sp³-hybridized carbons (Fsp3) is 0.938. The summed E-state index contributed by atoms with van der Waals surface area (Å²) < 4.78 is 0. The molecule has 0 spiro atoms. The maximum Gasteiger partial charge on any atom is 0.224 e. The molecule has 1 amide bonds. The Kier molecular flexibility index (Phi) is 7.52. The Balaban J connectivity index is 2.16. The molecule has 4 nitrogen and oxygen atoms in total. The standard InChI is InChI=1S/C16H33N3O/c1-12(2)19(4)10-6-5-9-18-16(20)14-11-13(3)7-8-15(14)17/h12-15H,5-11,17H2,1-4H3,(H,18,20). The number of hydrogen-bond acceptors (Lipinski definition) is 3. The van der Waals surface area contributed by atoms with Crippen LogP contribution in [0.5, 0.6) is 0 Å². The van der Waals surface area contributed by atoms with Gasteiger partial charge in [-0.1, -0.05) is 6.92 Å². The van der Waals surface area contributed by atoms with Crippen LogP contribution >= 0.6 is 0 Å². The molecule has 0 aliphatic heterocycles. The smallest absolute Gasteiger partial charge is 0.224 e. The van der Waals surface area contributed by atoms with Crippen LogP contribution in [-0.2, 0) is 4.79 Å². The molecule has 0 aromatic carbocycles. The Labute approximate surface area is 124 Å². The number of carbonyl (C=O) groups excluding carboxylic acids is 1. The molecule has 3 atom stereocenters. The zero-order chi connectivity index (χ0) is 15.1. The number of hydrogen-bond donors (Lipinski definition) is 2. The molecule has 0 aromatic heterocycles. The van der Waals surface area contributed by atoms with Crippen LogP contribution in [0.15, 0.2) is 0 Å². The molecule has 1 rings (SSSR count). The van der Waals surface area contributed by atoms with Crippen LogP contribution in [0.1, 0.15) is 52.9 Å². The third-order valence-electron chi connectivity index (χ3n) is 4.62. The van der Waals surface area contributed by atoms with Crippen LogP contribution in [0.25, 0.3) is 0 Å². The molecule has 1 fully saturated rings. The van der Waals surface area contributed by atoms with Crippen LogP contribution in [0.2, 0.25) is 0 Å². The predicted octanol–water partition coefficient (Wildman–Crippen LogP) is 1.99. The van der Waals surface area contributed by atoms with E-state index in [9.17, 15) is 4.79 Å². The lowest BCUT2D eigenvalue weighted by molar-refractivity contribution is -0.126. The van der Waals surface area contributed by atoms with Gasteiger partial charge in [0.15, 0.2) is 0 Å². The van der Waals surface area contributed by atoms with Gasteiger partial charge in [0.1, 0.15) is 0 Å². The van der Waals surface area contributed by atoms with Crippen molar-refractivity contribution in [2.24, 2.45) is 17.6 Å². The molecular formula is C16H33N3O. The first-order valence-electron chi connectivity index (χ1n) is 8.15. The van der Waals surface area contributed by atoms with Crippen molar-refractivity contribution in [1.82, 2.24) is 10.2 Å². The second kappa shape index (κ2) is 8.63. The number of nitrogens with two attached hydrogens (primary N) is 1. The summed E-state index contributed by atoms with van der Waals surface area (Å²) >= 11 is 0. The summed E-state index contributed by atoms with van der Waals surface area (Å²) in [5.74, 6) is 0.823. The number of rotatable bonds is 7. The highest BCUT2D eigenvalue weighted by Gasteiger charge is 2.31. The van der Waals surface area contributed by atoms with E-state index >= 15 is 0 Å². The summed E-state index contributed by atoms with van der Waals surface area (Å²) in [6, 6.07) is 0.643. The van der Waals surface area contributed by atoms with Gasteiger partial charge in [0, 0.05) is 18.6 Å². The van der Waals surface area contributed by atoms with Gasteiger partial charge in [0.25, 0.3) is 0 Å². The van der Waals surface area contributed by atoms with Crippen LogP contribution in [-0.4, -0.2) is 43.0 Å². The van der Waals surface area contributed by atoms with E-state index in [4.69, 9.17) is 5.73 Å². The first-order valence-corrected chi connectivity index (χ1v) is 8.15. The van der Waals surface area contributed by atoms with Crippen molar-refractivity contribution in [3.63, 3.8) is 0 Å². The lowest BCUT2D eigenvalue weighted by Gasteiger charge is -2.31. The first kappa shape index (κ1) is 17.4. The molecule has 0 saturated heterocycles. The fourth-order valence-electron chi connectivity index (χ4n) is 2.79. The van der Waals surface area contributed by atoms with Gasteiger partial charge in [-0.25, -0.2) is 0 Å². The Morgan fingerprint density at radius 1 is 1.35 bits per heavy atom. The summed E-state index contributed by atoms with van der Waals surface area (Å²) in [4.78, 5) is 14.5. The average Bonchev–Trinajstić information content (AvgIpc) is 2.40. The number of unbranched alkanes of at least 4 members (excludes halogenated alkanes) is 1. The van der Waals surface area contributed by atoms with E-state index < -0.39 is 0 Å². The molecule has 4 heteroatoms. The van der Waals surface area contributed by atoms with E-state index in [0.717, 1.165) is 45.2 Å². The summed E-state index contributed by atoms with van der Waals surface area (Å²) in [5.41, 5.74) is 6.08. The summed E-state index contributed by atoms with van der Waals surface area (Å²) in [7, 11) is 2.14.